The van der Waals surface area contributed by atoms with Gasteiger partial charge in [0.05, 0.1) is 0 Å². The summed E-state index contributed by atoms with van der Waals surface area (Å²) < 4.78 is 5.41. The largest absolute Gasteiger partial charge is 0.458 e. The number of nitrogens with zero attached hydrogens (tertiary/aromatic N) is 1. The minimum absolute atomic E-state index is 0.0830. The number of piperidine rings is 1. The first kappa shape index (κ1) is 16.2. The van der Waals surface area contributed by atoms with E-state index < -0.39 is 0 Å². The summed E-state index contributed by atoms with van der Waals surface area (Å²) in [5.74, 6) is -0.248. The molecule has 0 aliphatic carbocycles. The van der Waals surface area contributed by atoms with Crippen LogP contribution < -0.4 is 0 Å². The van der Waals surface area contributed by atoms with Gasteiger partial charge < -0.3 is 4.74 Å². The summed E-state index contributed by atoms with van der Waals surface area (Å²) in [6, 6.07) is 0. The Bertz CT molecular complexity index is 329. The van der Waals surface area contributed by atoms with Crippen LogP contribution in [0.2, 0.25) is 0 Å². The third kappa shape index (κ3) is 4.34. The molecule has 3 heteroatoms. The average molecular weight is 267 g/mol. The molecular weight excluding hydrogens is 238 g/mol. The summed E-state index contributed by atoms with van der Waals surface area (Å²) in [6.45, 7) is 13.7. The smallest absolute Gasteiger partial charge is 0.330 e. The third-order valence-corrected chi connectivity index (χ3v) is 4.10. The topological polar surface area (TPSA) is 29.5 Å². The van der Waals surface area contributed by atoms with E-state index in [1.165, 1.54) is 25.3 Å². The number of allylic oxidation sites excluding steroid dienone is 1. The van der Waals surface area contributed by atoms with Crippen molar-refractivity contribution in [1.29, 1.82) is 0 Å². The van der Waals surface area contributed by atoms with Gasteiger partial charge in [-0.3, -0.25) is 4.90 Å². The molecule has 1 heterocycles. The quantitative estimate of drug-likeness (QED) is 0.576. The number of esters is 1. The number of carbonyl (C=O) groups excluding carboxylic acids is 1. The van der Waals surface area contributed by atoms with Crippen molar-refractivity contribution in [1.82, 2.24) is 4.90 Å². The lowest BCUT2D eigenvalue weighted by molar-refractivity contribution is -0.146. The molecule has 1 unspecified atom stereocenters. The van der Waals surface area contributed by atoms with Gasteiger partial charge in [0, 0.05) is 23.7 Å². The van der Waals surface area contributed by atoms with E-state index in [1.807, 2.05) is 13.8 Å². The molecule has 0 radical (unpaired) electrons. The van der Waals surface area contributed by atoms with Gasteiger partial charge in [0.2, 0.25) is 0 Å². The van der Waals surface area contributed by atoms with E-state index in [9.17, 15) is 4.79 Å². The first-order valence-corrected chi connectivity index (χ1v) is 7.30. The lowest BCUT2D eigenvalue weighted by Crippen LogP contribution is -2.60. The molecule has 1 saturated heterocycles. The van der Waals surface area contributed by atoms with Gasteiger partial charge in [-0.05, 0) is 60.8 Å². The van der Waals surface area contributed by atoms with E-state index in [1.54, 1.807) is 6.08 Å². The third-order valence-electron chi connectivity index (χ3n) is 4.10. The molecule has 0 spiro atoms. The van der Waals surface area contributed by atoms with Gasteiger partial charge in [0.15, 0.2) is 0 Å². The highest BCUT2D eigenvalue weighted by atomic mass is 16.5. The first-order valence-electron chi connectivity index (χ1n) is 7.30. The highest BCUT2D eigenvalue weighted by Crippen LogP contribution is 2.38. The lowest BCUT2D eigenvalue weighted by atomic mass is 9.79. The predicted octanol–water partition coefficient (Wildman–Crippen LogP) is 3.54. The van der Waals surface area contributed by atoms with Crippen LogP contribution in [0, 0.1) is 0 Å². The van der Waals surface area contributed by atoms with Crippen molar-refractivity contribution in [3.63, 3.8) is 0 Å². The number of hydrogen-bond donors (Lipinski definition) is 0. The summed E-state index contributed by atoms with van der Waals surface area (Å²) in [5.41, 5.74) is 0.339. The molecule has 1 aliphatic rings. The van der Waals surface area contributed by atoms with Crippen molar-refractivity contribution < 1.29 is 9.53 Å². The fourth-order valence-electron chi connectivity index (χ4n) is 3.21. The predicted molar refractivity (Wildman–Crippen MR) is 79.1 cm³/mol. The standard InChI is InChI=1S/C16H29NO2/c1-7-9-14(18)19-13(2)12-17-15(3,4)10-8-11-16(17,5)6/h7,9,13H,8,10-12H2,1-6H3/b9-7+. The van der Waals surface area contributed by atoms with Crippen LogP contribution >= 0.6 is 0 Å². The average Bonchev–Trinajstić information content (AvgIpc) is 2.23. The van der Waals surface area contributed by atoms with E-state index in [2.05, 4.69) is 32.6 Å². The van der Waals surface area contributed by atoms with Crippen LogP contribution in [0.5, 0.6) is 0 Å². The van der Waals surface area contributed by atoms with E-state index in [0.717, 1.165) is 6.54 Å². The van der Waals surface area contributed by atoms with E-state index >= 15 is 0 Å². The Hall–Kier alpha value is -0.830. The van der Waals surface area contributed by atoms with Crippen molar-refractivity contribution in [3.05, 3.63) is 12.2 Å². The molecule has 1 fully saturated rings. The van der Waals surface area contributed by atoms with Crippen molar-refractivity contribution in [2.75, 3.05) is 6.54 Å². The summed E-state index contributed by atoms with van der Waals surface area (Å²) >= 11 is 0. The summed E-state index contributed by atoms with van der Waals surface area (Å²) in [4.78, 5) is 14.0. The molecule has 0 aromatic heterocycles. The van der Waals surface area contributed by atoms with Crippen LogP contribution in [0.3, 0.4) is 0 Å². The second-order valence-corrected chi connectivity index (χ2v) is 6.84. The minimum Gasteiger partial charge on any atom is -0.458 e. The lowest BCUT2D eigenvalue weighted by Gasteiger charge is -2.53. The molecular formula is C16H29NO2. The Balaban J connectivity index is 2.69. The van der Waals surface area contributed by atoms with Gasteiger partial charge in [0.1, 0.15) is 6.10 Å². The Morgan fingerprint density at radius 2 is 1.79 bits per heavy atom. The molecule has 1 atom stereocenters. The van der Waals surface area contributed by atoms with E-state index in [0.29, 0.717) is 0 Å². The van der Waals surface area contributed by atoms with Gasteiger partial charge in [-0.25, -0.2) is 4.79 Å². The molecule has 19 heavy (non-hydrogen) atoms. The molecule has 3 nitrogen and oxygen atoms in total. The zero-order chi connectivity index (χ0) is 14.7. The van der Waals surface area contributed by atoms with Crippen LogP contribution in [0.1, 0.15) is 60.8 Å². The second kappa shape index (κ2) is 6.08. The Kier molecular flexibility index (Phi) is 5.19. The number of hydrogen-bond acceptors (Lipinski definition) is 3. The summed E-state index contributed by atoms with van der Waals surface area (Å²) in [5, 5.41) is 0. The fraction of sp³-hybridized carbons (Fsp3) is 0.812. The summed E-state index contributed by atoms with van der Waals surface area (Å²) in [6.07, 6.45) is 6.77. The van der Waals surface area contributed by atoms with Crippen molar-refractivity contribution in [3.8, 4) is 0 Å². The Morgan fingerprint density at radius 3 is 2.26 bits per heavy atom. The van der Waals surface area contributed by atoms with Crippen LogP contribution in [0.4, 0.5) is 0 Å². The SMILES string of the molecule is C/C=C/C(=O)OC(C)CN1C(C)(C)CCCC1(C)C. The Labute approximate surface area is 118 Å². The van der Waals surface area contributed by atoms with Gasteiger partial charge in [-0.2, -0.15) is 0 Å². The molecule has 110 valence electrons. The van der Waals surface area contributed by atoms with Gasteiger partial charge >= 0.3 is 5.97 Å². The monoisotopic (exact) mass is 267 g/mol. The Morgan fingerprint density at radius 1 is 1.26 bits per heavy atom. The normalized spacial score (nSPS) is 24.3. The molecule has 0 amide bonds. The highest BCUT2D eigenvalue weighted by molar-refractivity contribution is 5.81. The van der Waals surface area contributed by atoms with Crippen LogP contribution in [0.25, 0.3) is 0 Å². The van der Waals surface area contributed by atoms with Crippen LogP contribution in [0.15, 0.2) is 12.2 Å². The molecule has 1 rings (SSSR count). The zero-order valence-electron chi connectivity index (χ0n) is 13.3. The number of carbonyl (C=O) groups is 1. The maximum absolute atomic E-state index is 11.5. The summed E-state index contributed by atoms with van der Waals surface area (Å²) in [7, 11) is 0. The molecule has 0 bridgehead atoms. The maximum atomic E-state index is 11.5. The van der Waals surface area contributed by atoms with E-state index in [-0.39, 0.29) is 23.2 Å². The fourth-order valence-corrected chi connectivity index (χ4v) is 3.21. The van der Waals surface area contributed by atoms with Gasteiger partial charge in [0.25, 0.3) is 0 Å². The molecule has 0 aromatic carbocycles. The molecule has 0 saturated carbocycles. The number of likely N-dealkylation sites (tertiary alicyclic amines) is 1. The second-order valence-electron chi connectivity index (χ2n) is 6.84. The van der Waals surface area contributed by atoms with Crippen molar-refractivity contribution >= 4 is 5.97 Å². The molecule has 1 aliphatic heterocycles. The molecule has 0 aromatic rings. The zero-order valence-corrected chi connectivity index (χ0v) is 13.3. The van der Waals surface area contributed by atoms with Crippen LogP contribution in [-0.2, 0) is 9.53 Å². The van der Waals surface area contributed by atoms with Crippen LogP contribution in [-0.4, -0.2) is 34.6 Å². The first-order chi connectivity index (χ1) is 8.69. The molecule has 0 N–H and O–H groups in total. The number of ether oxygens (including phenoxy) is 1. The van der Waals surface area contributed by atoms with Gasteiger partial charge in [-0.1, -0.05) is 6.08 Å². The highest BCUT2D eigenvalue weighted by Gasteiger charge is 2.41. The van der Waals surface area contributed by atoms with Crippen molar-refractivity contribution in [2.24, 2.45) is 0 Å². The van der Waals surface area contributed by atoms with Crippen molar-refractivity contribution in [2.45, 2.75) is 78.0 Å². The minimum atomic E-state index is -0.248. The number of rotatable bonds is 4. The maximum Gasteiger partial charge on any atom is 0.330 e. The van der Waals surface area contributed by atoms with Gasteiger partial charge in [-0.15, -0.1) is 0 Å². The van der Waals surface area contributed by atoms with E-state index in [4.69, 9.17) is 4.74 Å².